The van der Waals surface area contributed by atoms with Crippen LogP contribution in [0.4, 0.5) is 0 Å². The zero-order valence-corrected chi connectivity index (χ0v) is 7.83. The number of benzene rings is 1. The monoisotopic (exact) mass is 175 g/mol. The number of nitrogens with zero attached hydrogens (tertiary/aromatic N) is 1. The first-order valence-corrected chi connectivity index (χ1v) is 4.39. The predicted octanol–water partition coefficient (Wildman–Crippen LogP) is 1.89. The number of nitrogens with two attached hydrogens (primary N) is 1. The summed E-state index contributed by atoms with van der Waals surface area (Å²) in [5, 5.41) is 8.30. The van der Waals surface area contributed by atoms with Crippen LogP contribution in [0.1, 0.15) is 24.2 Å². The Kier molecular flexibility index (Phi) is 1.81. The molecule has 0 aliphatic carbocycles. The summed E-state index contributed by atoms with van der Waals surface area (Å²) in [4.78, 5) is 0. The van der Waals surface area contributed by atoms with Crippen molar-refractivity contribution < 1.29 is 0 Å². The molecule has 1 aromatic heterocycles. The van der Waals surface area contributed by atoms with Gasteiger partial charge in [-0.1, -0.05) is 12.1 Å². The highest BCUT2D eigenvalue weighted by Gasteiger charge is 2.08. The van der Waals surface area contributed by atoms with Gasteiger partial charge in [-0.05, 0) is 25.5 Å². The summed E-state index contributed by atoms with van der Waals surface area (Å²) >= 11 is 0. The standard InChI is InChI=1S/C10H13N3/c1-6(11)8-4-3-5-9-10(8)7(2)12-13-9/h3-6H,11H2,1-2H3,(H,12,13). The predicted molar refractivity (Wildman–Crippen MR) is 53.4 cm³/mol. The number of fused-ring (bicyclic) bond motifs is 1. The maximum atomic E-state index is 5.87. The maximum Gasteiger partial charge on any atom is 0.0673 e. The van der Waals surface area contributed by atoms with Gasteiger partial charge in [0.2, 0.25) is 0 Å². The Balaban J connectivity index is 2.80. The van der Waals surface area contributed by atoms with E-state index in [4.69, 9.17) is 5.73 Å². The second-order valence-corrected chi connectivity index (χ2v) is 3.37. The molecule has 0 aliphatic rings. The molecule has 0 spiro atoms. The molecule has 3 N–H and O–H groups in total. The normalized spacial score (nSPS) is 13.5. The van der Waals surface area contributed by atoms with Gasteiger partial charge in [-0.3, -0.25) is 5.10 Å². The number of aromatic amines is 1. The number of hydrogen-bond acceptors (Lipinski definition) is 2. The highest BCUT2D eigenvalue weighted by molar-refractivity contribution is 5.85. The zero-order valence-electron chi connectivity index (χ0n) is 7.83. The van der Waals surface area contributed by atoms with E-state index in [-0.39, 0.29) is 6.04 Å². The van der Waals surface area contributed by atoms with Crippen LogP contribution in [0, 0.1) is 6.92 Å². The minimum Gasteiger partial charge on any atom is -0.324 e. The van der Waals surface area contributed by atoms with Gasteiger partial charge in [0.05, 0.1) is 11.2 Å². The van der Waals surface area contributed by atoms with Crippen molar-refractivity contribution in [2.45, 2.75) is 19.9 Å². The van der Waals surface area contributed by atoms with E-state index in [1.54, 1.807) is 0 Å². The molecule has 0 aliphatic heterocycles. The number of H-pyrrole nitrogens is 1. The fraction of sp³-hybridized carbons (Fsp3) is 0.300. The Bertz CT molecular complexity index is 429. The number of nitrogens with one attached hydrogen (secondary N) is 1. The lowest BCUT2D eigenvalue weighted by molar-refractivity contribution is 0.826. The van der Waals surface area contributed by atoms with Crippen molar-refractivity contribution in [1.82, 2.24) is 10.2 Å². The third-order valence-corrected chi connectivity index (χ3v) is 2.29. The Labute approximate surface area is 76.9 Å². The molecule has 0 saturated carbocycles. The van der Waals surface area contributed by atoms with Crippen molar-refractivity contribution in [3.05, 3.63) is 29.5 Å². The highest BCUT2D eigenvalue weighted by Crippen LogP contribution is 2.23. The van der Waals surface area contributed by atoms with Crippen molar-refractivity contribution in [3.63, 3.8) is 0 Å². The SMILES string of the molecule is Cc1n[nH]c2cccc(C(C)N)c12. The summed E-state index contributed by atoms with van der Waals surface area (Å²) in [6, 6.07) is 6.12. The van der Waals surface area contributed by atoms with E-state index in [1.165, 1.54) is 0 Å². The maximum absolute atomic E-state index is 5.87. The second kappa shape index (κ2) is 2.85. The molecule has 3 nitrogen and oxygen atoms in total. The molecule has 1 aromatic carbocycles. The molecule has 1 atom stereocenters. The molecule has 0 bridgehead atoms. The number of aryl methyl sites for hydroxylation is 1. The Morgan fingerprint density at radius 1 is 1.46 bits per heavy atom. The third-order valence-electron chi connectivity index (χ3n) is 2.29. The molecule has 3 heteroatoms. The van der Waals surface area contributed by atoms with E-state index in [9.17, 15) is 0 Å². The van der Waals surface area contributed by atoms with Crippen molar-refractivity contribution >= 4 is 10.9 Å². The number of rotatable bonds is 1. The first kappa shape index (κ1) is 8.26. The van der Waals surface area contributed by atoms with Crippen molar-refractivity contribution in [2.75, 3.05) is 0 Å². The van der Waals surface area contributed by atoms with Crippen LogP contribution in [0.5, 0.6) is 0 Å². The lowest BCUT2D eigenvalue weighted by atomic mass is 10.0. The first-order valence-electron chi connectivity index (χ1n) is 4.39. The lowest BCUT2D eigenvalue weighted by Gasteiger charge is -2.06. The van der Waals surface area contributed by atoms with Gasteiger partial charge >= 0.3 is 0 Å². The van der Waals surface area contributed by atoms with Crippen LogP contribution in [0.15, 0.2) is 18.2 Å². The molecular formula is C10H13N3. The minimum atomic E-state index is 0.0556. The summed E-state index contributed by atoms with van der Waals surface area (Å²) in [6.07, 6.45) is 0. The molecule has 0 amide bonds. The quantitative estimate of drug-likeness (QED) is 0.695. The summed E-state index contributed by atoms with van der Waals surface area (Å²) < 4.78 is 0. The molecule has 1 heterocycles. The van der Waals surface area contributed by atoms with Gasteiger partial charge in [-0.25, -0.2) is 0 Å². The number of hydrogen-bond donors (Lipinski definition) is 2. The van der Waals surface area contributed by atoms with Crippen LogP contribution in [0.25, 0.3) is 10.9 Å². The highest BCUT2D eigenvalue weighted by atomic mass is 15.1. The fourth-order valence-corrected chi connectivity index (χ4v) is 1.65. The molecular weight excluding hydrogens is 162 g/mol. The summed E-state index contributed by atoms with van der Waals surface area (Å²) in [5.41, 5.74) is 9.10. The second-order valence-electron chi connectivity index (χ2n) is 3.37. The van der Waals surface area contributed by atoms with Gasteiger partial charge in [0.25, 0.3) is 0 Å². The Morgan fingerprint density at radius 3 is 2.92 bits per heavy atom. The molecule has 0 saturated heterocycles. The molecule has 0 fully saturated rings. The van der Waals surface area contributed by atoms with Gasteiger partial charge < -0.3 is 5.73 Å². The van der Waals surface area contributed by atoms with Crippen molar-refractivity contribution in [2.24, 2.45) is 5.73 Å². The van der Waals surface area contributed by atoms with Crippen LogP contribution in [0.3, 0.4) is 0 Å². The summed E-state index contributed by atoms with van der Waals surface area (Å²) in [6.45, 7) is 3.98. The first-order chi connectivity index (χ1) is 6.20. The van der Waals surface area contributed by atoms with E-state index in [0.717, 1.165) is 22.2 Å². The zero-order chi connectivity index (χ0) is 9.42. The van der Waals surface area contributed by atoms with Gasteiger partial charge in [0.15, 0.2) is 0 Å². The largest absolute Gasteiger partial charge is 0.324 e. The van der Waals surface area contributed by atoms with E-state index in [2.05, 4.69) is 16.3 Å². The van der Waals surface area contributed by atoms with E-state index in [0.29, 0.717) is 0 Å². The molecule has 0 radical (unpaired) electrons. The molecule has 2 aromatic rings. The minimum absolute atomic E-state index is 0.0556. The van der Waals surface area contributed by atoms with Gasteiger partial charge in [-0.15, -0.1) is 0 Å². The summed E-state index contributed by atoms with van der Waals surface area (Å²) in [7, 11) is 0. The summed E-state index contributed by atoms with van der Waals surface area (Å²) in [5.74, 6) is 0. The third kappa shape index (κ3) is 1.21. The van der Waals surface area contributed by atoms with Gasteiger partial charge in [0, 0.05) is 11.4 Å². The fourth-order valence-electron chi connectivity index (χ4n) is 1.65. The van der Waals surface area contributed by atoms with Gasteiger partial charge in [-0.2, -0.15) is 5.10 Å². The number of aromatic nitrogens is 2. The molecule has 13 heavy (non-hydrogen) atoms. The smallest absolute Gasteiger partial charge is 0.0673 e. The van der Waals surface area contributed by atoms with Crippen LogP contribution >= 0.6 is 0 Å². The topological polar surface area (TPSA) is 54.7 Å². The Hall–Kier alpha value is -1.35. The van der Waals surface area contributed by atoms with Crippen LogP contribution in [0.2, 0.25) is 0 Å². The van der Waals surface area contributed by atoms with Crippen LogP contribution in [-0.4, -0.2) is 10.2 Å². The molecule has 68 valence electrons. The van der Waals surface area contributed by atoms with E-state index in [1.807, 2.05) is 26.0 Å². The Morgan fingerprint density at radius 2 is 2.23 bits per heavy atom. The average Bonchev–Trinajstić information content (AvgIpc) is 2.48. The van der Waals surface area contributed by atoms with E-state index < -0.39 is 0 Å². The molecule has 2 rings (SSSR count). The van der Waals surface area contributed by atoms with Crippen LogP contribution in [-0.2, 0) is 0 Å². The van der Waals surface area contributed by atoms with Crippen molar-refractivity contribution in [1.29, 1.82) is 0 Å². The average molecular weight is 175 g/mol. The van der Waals surface area contributed by atoms with E-state index >= 15 is 0 Å². The van der Waals surface area contributed by atoms with Gasteiger partial charge in [0.1, 0.15) is 0 Å². The van der Waals surface area contributed by atoms with Crippen molar-refractivity contribution in [3.8, 4) is 0 Å². The van der Waals surface area contributed by atoms with Crippen LogP contribution < -0.4 is 5.73 Å². The molecule has 1 unspecified atom stereocenters. The lowest BCUT2D eigenvalue weighted by Crippen LogP contribution is -2.05.